The molecule has 114 valence electrons. The van der Waals surface area contributed by atoms with Crippen LogP contribution >= 0.6 is 0 Å². The van der Waals surface area contributed by atoms with Crippen molar-refractivity contribution in [3.63, 3.8) is 0 Å². The molecule has 1 heterocycles. The van der Waals surface area contributed by atoms with Crippen molar-refractivity contribution in [1.82, 2.24) is 4.31 Å². The zero-order chi connectivity index (χ0) is 15.3. The third-order valence-corrected chi connectivity index (χ3v) is 7.05. The van der Waals surface area contributed by atoms with E-state index in [-0.39, 0.29) is 5.92 Å². The van der Waals surface area contributed by atoms with Crippen molar-refractivity contribution in [2.24, 2.45) is 5.92 Å². The summed E-state index contributed by atoms with van der Waals surface area (Å²) >= 11 is 0. The number of hydrogen-bond donors (Lipinski definition) is 1. The number of methoxy groups -OCH3 is 1. The number of carbonyl (C=O) groups excluding carboxylic acids is 1. The molecule has 0 bridgehead atoms. The summed E-state index contributed by atoms with van der Waals surface area (Å²) in [7, 11) is -0.468. The van der Waals surface area contributed by atoms with Crippen LogP contribution in [0.4, 0.5) is 5.69 Å². The van der Waals surface area contributed by atoms with Crippen molar-refractivity contribution in [3.05, 3.63) is 24.3 Å². The maximum Gasteiger partial charge on any atom is 0.247 e. The first-order valence-corrected chi connectivity index (χ1v) is 8.27. The van der Waals surface area contributed by atoms with Gasteiger partial charge in [-0.15, -0.1) is 0 Å². The number of benzene rings is 1. The number of carbonyl (C=O) groups is 1. The Labute approximate surface area is 124 Å². The van der Waals surface area contributed by atoms with E-state index in [0.717, 1.165) is 6.42 Å². The first-order chi connectivity index (χ1) is 9.91. The van der Waals surface area contributed by atoms with Crippen LogP contribution in [0.5, 0.6) is 5.75 Å². The minimum atomic E-state index is -3.56. The normalized spacial score (nSPS) is 30.3. The Morgan fingerprint density at radius 3 is 2.67 bits per heavy atom. The Hall–Kier alpha value is -1.60. The molecule has 1 aliphatic heterocycles. The van der Waals surface area contributed by atoms with E-state index in [9.17, 15) is 13.2 Å². The summed E-state index contributed by atoms with van der Waals surface area (Å²) in [5.41, 5.74) is 0.573. The van der Waals surface area contributed by atoms with Crippen LogP contribution in [0.1, 0.15) is 12.8 Å². The minimum Gasteiger partial charge on any atom is -0.497 e. The highest BCUT2D eigenvalue weighted by molar-refractivity contribution is 7.91. The van der Waals surface area contributed by atoms with Crippen molar-refractivity contribution in [2.75, 3.05) is 26.0 Å². The molecule has 21 heavy (non-hydrogen) atoms. The van der Waals surface area contributed by atoms with Gasteiger partial charge in [0.1, 0.15) is 5.75 Å². The average molecular weight is 310 g/mol. The molecule has 1 amide bonds. The van der Waals surface area contributed by atoms with Gasteiger partial charge in [-0.3, -0.25) is 4.79 Å². The van der Waals surface area contributed by atoms with Gasteiger partial charge in [0.25, 0.3) is 0 Å². The molecule has 0 aromatic heterocycles. The van der Waals surface area contributed by atoms with E-state index in [1.54, 1.807) is 31.4 Å². The van der Waals surface area contributed by atoms with Crippen molar-refractivity contribution >= 4 is 21.6 Å². The van der Waals surface area contributed by atoms with Crippen LogP contribution in [0, 0.1) is 5.92 Å². The Balaban J connectivity index is 1.82. The second kappa shape index (κ2) is 4.71. The summed E-state index contributed by atoms with van der Waals surface area (Å²) < 4.78 is 30.0. The Bertz CT molecular complexity index is 671. The van der Waals surface area contributed by atoms with Gasteiger partial charge in [-0.2, -0.15) is 0 Å². The van der Waals surface area contributed by atoms with Crippen molar-refractivity contribution < 1.29 is 17.9 Å². The molecule has 2 fully saturated rings. The van der Waals surface area contributed by atoms with Crippen LogP contribution in [0.25, 0.3) is 0 Å². The molecule has 1 aromatic rings. The molecule has 1 aromatic carbocycles. The maximum absolute atomic E-state index is 12.5. The molecular weight excluding hydrogens is 292 g/mol. The number of sulfonamides is 1. The summed E-state index contributed by atoms with van der Waals surface area (Å²) in [6, 6.07) is 6.84. The predicted octanol–water partition coefficient (Wildman–Crippen LogP) is 1.06. The number of ether oxygens (including phenoxy) is 1. The highest BCUT2D eigenvalue weighted by Gasteiger charge is 2.71. The third-order valence-electron chi connectivity index (χ3n) is 4.44. The lowest BCUT2D eigenvalue weighted by Gasteiger charge is -2.28. The largest absolute Gasteiger partial charge is 0.497 e. The molecule has 2 aliphatic rings. The minimum absolute atomic E-state index is 0.0584. The van der Waals surface area contributed by atoms with E-state index in [1.807, 2.05) is 0 Å². The average Bonchev–Trinajstić information content (AvgIpc) is 3.21. The summed E-state index contributed by atoms with van der Waals surface area (Å²) in [5.74, 6) is 0.196. The Morgan fingerprint density at radius 1 is 1.38 bits per heavy atom. The van der Waals surface area contributed by atoms with E-state index < -0.39 is 20.7 Å². The van der Waals surface area contributed by atoms with Gasteiger partial charge >= 0.3 is 0 Å². The predicted molar refractivity (Wildman–Crippen MR) is 78.6 cm³/mol. The van der Waals surface area contributed by atoms with E-state index in [4.69, 9.17) is 4.74 Å². The summed E-state index contributed by atoms with van der Waals surface area (Å²) in [6.45, 7) is 0.491. The zero-order valence-electron chi connectivity index (χ0n) is 12.0. The summed E-state index contributed by atoms with van der Waals surface area (Å²) in [6.07, 6.45) is 1.16. The molecule has 0 radical (unpaired) electrons. The lowest BCUT2D eigenvalue weighted by atomic mass is 10.2. The fraction of sp³-hybridized carbons (Fsp3) is 0.500. The Morgan fingerprint density at radius 2 is 2.05 bits per heavy atom. The monoisotopic (exact) mass is 310 g/mol. The number of fused-ring (bicyclic) bond motifs is 1. The van der Waals surface area contributed by atoms with Gasteiger partial charge in [-0.05, 0) is 43.0 Å². The number of rotatable bonds is 3. The van der Waals surface area contributed by atoms with Crippen LogP contribution in [0.3, 0.4) is 0 Å². The van der Waals surface area contributed by atoms with Crippen molar-refractivity contribution in [1.29, 1.82) is 0 Å². The molecule has 1 saturated heterocycles. The zero-order valence-corrected chi connectivity index (χ0v) is 12.8. The number of anilines is 1. The van der Waals surface area contributed by atoms with Gasteiger partial charge in [0.05, 0.1) is 7.11 Å². The van der Waals surface area contributed by atoms with Gasteiger partial charge in [0, 0.05) is 19.3 Å². The highest BCUT2D eigenvalue weighted by atomic mass is 32.2. The van der Waals surface area contributed by atoms with Gasteiger partial charge in [-0.25, -0.2) is 12.7 Å². The van der Waals surface area contributed by atoms with Crippen LogP contribution in [-0.2, 0) is 14.8 Å². The summed E-state index contributed by atoms with van der Waals surface area (Å²) in [5, 5.41) is 2.72. The Kier molecular flexibility index (Phi) is 3.22. The van der Waals surface area contributed by atoms with Crippen LogP contribution in [0.15, 0.2) is 24.3 Å². The van der Waals surface area contributed by atoms with E-state index >= 15 is 0 Å². The van der Waals surface area contributed by atoms with Gasteiger partial charge in [-0.1, -0.05) is 0 Å². The van der Waals surface area contributed by atoms with Gasteiger partial charge in [0.15, 0.2) is 4.75 Å². The molecule has 2 atom stereocenters. The second-order valence-corrected chi connectivity index (χ2v) is 7.89. The lowest BCUT2D eigenvalue weighted by Crippen LogP contribution is -2.50. The maximum atomic E-state index is 12.5. The molecule has 1 saturated carbocycles. The molecule has 7 heteroatoms. The molecule has 0 spiro atoms. The highest BCUT2D eigenvalue weighted by Crippen LogP contribution is 2.56. The fourth-order valence-electron chi connectivity index (χ4n) is 3.00. The lowest BCUT2D eigenvalue weighted by molar-refractivity contribution is -0.117. The van der Waals surface area contributed by atoms with Crippen LogP contribution in [0.2, 0.25) is 0 Å². The number of amides is 1. The quantitative estimate of drug-likeness (QED) is 0.905. The number of nitrogens with zero attached hydrogens (tertiary/aromatic N) is 1. The van der Waals surface area contributed by atoms with E-state index in [0.29, 0.717) is 24.4 Å². The van der Waals surface area contributed by atoms with Gasteiger partial charge in [0.2, 0.25) is 15.9 Å². The van der Waals surface area contributed by atoms with Gasteiger partial charge < -0.3 is 10.1 Å². The number of nitrogens with one attached hydrogen (secondary N) is 1. The van der Waals surface area contributed by atoms with Crippen LogP contribution in [-0.4, -0.2) is 44.1 Å². The van der Waals surface area contributed by atoms with E-state index in [1.165, 1.54) is 11.4 Å². The standard InChI is InChI=1S/C14H18N2O4S/c1-16-8-7-10-9-14(10,21(16,18)19)13(17)15-11-3-5-12(20-2)6-4-11/h3-6,10H,7-9H2,1-2H3,(H,15,17). The fourth-order valence-corrected chi connectivity index (χ4v) is 5.14. The van der Waals surface area contributed by atoms with Crippen molar-refractivity contribution in [3.8, 4) is 5.75 Å². The molecule has 3 rings (SSSR count). The summed E-state index contributed by atoms with van der Waals surface area (Å²) in [4.78, 5) is 12.5. The topological polar surface area (TPSA) is 75.7 Å². The molecule has 2 unspecified atom stereocenters. The molecule has 6 nitrogen and oxygen atoms in total. The molecule has 1 aliphatic carbocycles. The second-order valence-electron chi connectivity index (χ2n) is 5.59. The molecular formula is C14H18N2O4S. The first-order valence-electron chi connectivity index (χ1n) is 6.83. The van der Waals surface area contributed by atoms with E-state index in [2.05, 4.69) is 5.32 Å². The SMILES string of the molecule is COc1ccc(NC(=O)C23CC2CCN(C)S3(=O)=O)cc1. The molecule has 1 N–H and O–H groups in total. The van der Waals surface area contributed by atoms with Crippen molar-refractivity contribution in [2.45, 2.75) is 17.6 Å². The van der Waals surface area contributed by atoms with Crippen LogP contribution < -0.4 is 10.1 Å². The first kappa shape index (κ1) is 14.3. The smallest absolute Gasteiger partial charge is 0.247 e. The number of hydrogen-bond acceptors (Lipinski definition) is 4. The third kappa shape index (κ3) is 2.03.